The number of hydrogen-bond donors (Lipinski definition) is 1. The van der Waals surface area contributed by atoms with Crippen LogP contribution in [-0.4, -0.2) is 20.7 Å². The van der Waals surface area contributed by atoms with Crippen LogP contribution in [0.2, 0.25) is 5.02 Å². The summed E-state index contributed by atoms with van der Waals surface area (Å²) in [5.41, 5.74) is 1.34. The molecular weight excluding hydrogens is 296 g/mol. The molecule has 2 heterocycles. The second kappa shape index (κ2) is 5.22. The summed E-state index contributed by atoms with van der Waals surface area (Å²) in [5.74, 6) is -0.213. The van der Waals surface area contributed by atoms with Crippen molar-refractivity contribution in [2.24, 2.45) is 0 Å². The van der Waals surface area contributed by atoms with E-state index >= 15 is 0 Å². The zero-order chi connectivity index (χ0) is 14.1. The summed E-state index contributed by atoms with van der Waals surface area (Å²) in [6.07, 6.45) is 3.25. The van der Waals surface area contributed by atoms with E-state index in [0.717, 1.165) is 16.8 Å². The summed E-state index contributed by atoms with van der Waals surface area (Å²) in [4.78, 5) is 16.4. The lowest BCUT2D eigenvalue weighted by molar-refractivity contribution is 0.102. The molecule has 0 aliphatic heterocycles. The lowest BCUT2D eigenvalue weighted by Gasteiger charge is -1.97. The van der Waals surface area contributed by atoms with Gasteiger partial charge in [-0.05, 0) is 25.1 Å². The van der Waals surface area contributed by atoms with E-state index in [1.54, 1.807) is 23.1 Å². The summed E-state index contributed by atoms with van der Waals surface area (Å²) in [7, 11) is 0. The Morgan fingerprint density at radius 3 is 3.10 bits per heavy atom. The molecule has 2 aromatic heterocycles. The van der Waals surface area contributed by atoms with Crippen LogP contribution < -0.4 is 5.32 Å². The van der Waals surface area contributed by atoms with Crippen molar-refractivity contribution in [1.82, 2.24) is 14.8 Å². The molecule has 102 valence electrons. The molecule has 3 aromatic rings. The molecule has 0 saturated heterocycles. The standard InChI is InChI=1S/C13H11ClN4OS/c1-2-18-7-8(6-15-18)12(19)17-13-16-10-4-3-9(14)5-11(10)20-13/h3-7H,2H2,1H3,(H,16,17,19). The highest BCUT2D eigenvalue weighted by atomic mass is 35.5. The van der Waals surface area contributed by atoms with Crippen molar-refractivity contribution in [3.05, 3.63) is 41.2 Å². The number of aryl methyl sites for hydroxylation is 1. The number of nitrogens with zero attached hydrogens (tertiary/aromatic N) is 3. The molecule has 0 spiro atoms. The van der Waals surface area contributed by atoms with Gasteiger partial charge in [0, 0.05) is 17.8 Å². The first-order valence-electron chi connectivity index (χ1n) is 6.05. The van der Waals surface area contributed by atoms with E-state index in [-0.39, 0.29) is 5.91 Å². The van der Waals surface area contributed by atoms with Crippen molar-refractivity contribution in [1.29, 1.82) is 0 Å². The molecule has 0 radical (unpaired) electrons. The fourth-order valence-corrected chi connectivity index (χ4v) is 2.91. The highest BCUT2D eigenvalue weighted by Gasteiger charge is 2.11. The Hall–Kier alpha value is -1.92. The highest BCUT2D eigenvalue weighted by molar-refractivity contribution is 7.22. The van der Waals surface area contributed by atoms with Gasteiger partial charge in [0.05, 0.1) is 22.0 Å². The molecule has 20 heavy (non-hydrogen) atoms. The first-order chi connectivity index (χ1) is 9.65. The third-order valence-corrected chi connectivity index (χ3v) is 3.96. The minimum Gasteiger partial charge on any atom is -0.298 e. The maximum atomic E-state index is 12.1. The number of aromatic nitrogens is 3. The minimum atomic E-state index is -0.213. The molecule has 0 fully saturated rings. The van der Waals surface area contributed by atoms with Crippen molar-refractivity contribution >= 4 is 44.2 Å². The van der Waals surface area contributed by atoms with Gasteiger partial charge in [-0.1, -0.05) is 22.9 Å². The SMILES string of the molecule is CCn1cc(C(=O)Nc2nc3ccc(Cl)cc3s2)cn1. The van der Waals surface area contributed by atoms with Crippen LogP contribution in [0.3, 0.4) is 0 Å². The van der Waals surface area contributed by atoms with Gasteiger partial charge in [-0.25, -0.2) is 4.98 Å². The fourth-order valence-electron chi connectivity index (χ4n) is 1.77. The number of hydrogen-bond acceptors (Lipinski definition) is 4. The first-order valence-corrected chi connectivity index (χ1v) is 7.25. The van der Waals surface area contributed by atoms with E-state index in [0.29, 0.717) is 15.7 Å². The molecule has 0 aliphatic rings. The summed E-state index contributed by atoms with van der Waals surface area (Å²) < 4.78 is 2.64. The monoisotopic (exact) mass is 306 g/mol. The maximum Gasteiger partial charge on any atom is 0.260 e. The van der Waals surface area contributed by atoms with E-state index < -0.39 is 0 Å². The molecule has 1 aromatic carbocycles. The van der Waals surface area contributed by atoms with Crippen LogP contribution in [0.25, 0.3) is 10.2 Å². The fraction of sp³-hybridized carbons (Fsp3) is 0.154. The number of amides is 1. The van der Waals surface area contributed by atoms with E-state index in [2.05, 4.69) is 15.4 Å². The van der Waals surface area contributed by atoms with Crippen LogP contribution in [0, 0.1) is 0 Å². The molecule has 5 nitrogen and oxygen atoms in total. The van der Waals surface area contributed by atoms with E-state index in [9.17, 15) is 4.79 Å². The van der Waals surface area contributed by atoms with Crippen LogP contribution >= 0.6 is 22.9 Å². The summed E-state index contributed by atoms with van der Waals surface area (Å²) in [6, 6.07) is 5.44. The van der Waals surface area contributed by atoms with Crippen molar-refractivity contribution in [2.45, 2.75) is 13.5 Å². The van der Waals surface area contributed by atoms with Crippen LogP contribution in [0.4, 0.5) is 5.13 Å². The van der Waals surface area contributed by atoms with Crippen molar-refractivity contribution < 1.29 is 4.79 Å². The molecule has 0 aliphatic carbocycles. The molecule has 3 rings (SSSR count). The predicted molar refractivity (Wildman–Crippen MR) is 80.5 cm³/mol. The topological polar surface area (TPSA) is 59.8 Å². The Balaban J connectivity index is 1.83. The van der Waals surface area contributed by atoms with Gasteiger partial charge in [-0.15, -0.1) is 0 Å². The lowest BCUT2D eigenvalue weighted by atomic mass is 10.3. The van der Waals surface area contributed by atoms with Crippen molar-refractivity contribution in [3.8, 4) is 0 Å². The average Bonchev–Trinajstić information content (AvgIpc) is 3.03. The van der Waals surface area contributed by atoms with Gasteiger partial charge in [0.2, 0.25) is 0 Å². The molecule has 0 unspecified atom stereocenters. The largest absolute Gasteiger partial charge is 0.298 e. The quantitative estimate of drug-likeness (QED) is 0.806. The summed E-state index contributed by atoms with van der Waals surface area (Å²) in [5, 5.41) is 8.06. The number of benzene rings is 1. The van der Waals surface area contributed by atoms with Gasteiger partial charge in [-0.3, -0.25) is 14.8 Å². The maximum absolute atomic E-state index is 12.1. The molecule has 1 amide bonds. The third-order valence-electron chi connectivity index (χ3n) is 2.79. The van der Waals surface area contributed by atoms with Crippen LogP contribution in [0.5, 0.6) is 0 Å². The second-order valence-corrected chi connectivity index (χ2v) is 5.64. The molecule has 0 bridgehead atoms. The van der Waals surface area contributed by atoms with Crippen LogP contribution in [0.15, 0.2) is 30.6 Å². The van der Waals surface area contributed by atoms with Gasteiger partial charge in [0.25, 0.3) is 5.91 Å². The Morgan fingerprint density at radius 2 is 2.35 bits per heavy atom. The number of halogens is 1. The molecule has 0 saturated carbocycles. The van der Waals surface area contributed by atoms with E-state index in [4.69, 9.17) is 11.6 Å². The number of thiazole rings is 1. The third kappa shape index (κ3) is 2.52. The summed E-state index contributed by atoms with van der Waals surface area (Å²) in [6.45, 7) is 2.69. The average molecular weight is 307 g/mol. The first kappa shape index (κ1) is 13.1. The molecule has 0 atom stereocenters. The number of rotatable bonds is 3. The Labute approximate surface area is 124 Å². The van der Waals surface area contributed by atoms with Gasteiger partial charge < -0.3 is 0 Å². The smallest absolute Gasteiger partial charge is 0.260 e. The second-order valence-electron chi connectivity index (χ2n) is 4.17. The number of carbonyl (C=O) groups excluding carboxylic acids is 1. The van der Waals surface area contributed by atoms with E-state index in [1.165, 1.54) is 11.3 Å². The minimum absolute atomic E-state index is 0.213. The summed E-state index contributed by atoms with van der Waals surface area (Å²) >= 11 is 7.32. The number of anilines is 1. The predicted octanol–water partition coefficient (Wildman–Crippen LogP) is 3.42. The molecule has 1 N–H and O–H groups in total. The number of carbonyl (C=O) groups is 1. The van der Waals surface area contributed by atoms with Gasteiger partial charge in [-0.2, -0.15) is 5.10 Å². The van der Waals surface area contributed by atoms with E-state index in [1.807, 2.05) is 19.1 Å². The van der Waals surface area contributed by atoms with Gasteiger partial charge >= 0.3 is 0 Å². The van der Waals surface area contributed by atoms with Crippen molar-refractivity contribution in [3.63, 3.8) is 0 Å². The molecular formula is C13H11ClN4OS. The normalized spacial score (nSPS) is 10.9. The Bertz CT molecular complexity index is 780. The molecule has 7 heteroatoms. The number of nitrogens with one attached hydrogen (secondary N) is 1. The Morgan fingerprint density at radius 1 is 1.50 bits per heavy atom. The van der Waals surface area contributed by atoms with Crippen LogP contribution in [-0.2, 0) is 6.54 Å². The number of fused-ring (bicyclic) bond motifs is 1. The highest BCUT2D eigenvalue weighted by Crippen LogP contribution is 2.28. The zero-order valence-electron chi connectivity index (χ0n) is 10.6. The van der Waals surface area contributed by atoms with Crippen molar-refractivity contribution in [2.75, 3.05) is 5.32 Å². The zero-order valence-corrected chi connectivity index (χ0v) is 12.2. The Kier molecular flexibility index (Phi) is 3.42. The lowest BCUT2D eigenvalue weighted by Crippen LogP contribution is -2.10. The van der Waals surface area contributed by atoms with Gasteiger partial charge in [0.15, 0.2) is 5.13 Å². The van der Waals surface area contributed by atoms with Gasteiger partial charge in [0.1, 0.15) is 0 Å². The van der Waals surface area contributed by atoms with Crippen LogP contribution in [0.1, 0.15) is 17.3 Å².